The maximum atomic E-state index is 10.8. The maximum absolute atomic E-state index is 10.8. The fourth-order valence-electron chi connectivity index (χ4n) is 1.32. The number of nitrogens with zero attached hydrogens (tertiary/aromatic N) is 3. The van der Waals surface area contributed by atoms with Crippen molar-refractivity contribution in [2.45, 2.75) is 0 Å². The van der Waals surface area contributed by atoms with E-state index in [9.17, 15) is 14.9 Å². The molecule has 0 radical (unpaired) electrons. The summed E-state index contributed by atoms with van der Waals surface area (Å²) in [6.07, 6.45) is 2.83. The Balaban J connectivity index is 3.12. The Morgan fingerprint density at radius 3 is 2.94 bits per heavy atom. The van der Waals surface area contributed by atoms with Crippen molar-refractivity contribution in [1.82, 2.24) is 4.98 Å². The molecule has 7 heteroatoms. The number of hydrogen-bond acceptors (Lipinski definition) is 5. The van der Waals surface area contributed by atoms with Gasteiger partial charge in [-0.25, -0.2) is 4.98 Å². The highest BCUT2D eigenvalue weighted by Crippen LogP contribution is 2.24. The van der Waals surface area contributed by atoms with Gasteiger partial charge in [0.2, 0.25) is 5.82 Å². The normalized spacial score (nSPS) is 9.65. The standard InChI is InChI=1S/C10H11N3O4/c1-2-6-12(7-9(14)15)10-8(13(16)17)4-3-5-11-10/h2-5H,1,6-7H2,(H,14,15). The second kappa shape index (κ2) is 5.59. The van der Waals surface area contributed by atoms with Gasteiger partial charge in [-0.2, -0.15) is 0 Å². The Kier molecular flexibility index (Phi) is 4.15. The topological polar surface area (TPSA) is 96.6 Å². The summed E-state index contributed by atoms with van der Waals surface area (Å²) in [5.74, 6) is -1.06. The number of rotatable bonds is 6. The van der Waals surface area contributed by atoms with E-state index < -0.39 is 10.9 Å². The van der Waals surface area contributed by atoms with Gasteiger partial charge in [-0.05, 0) is 6.07 Å². The van der Waals surface area contributed by atoms with Crippen LogP contribution in [0, 0.1) is 10.1 Å². The molecule has 0 bridgehead atoms. The molecule has 90 valence electrons. The summed E-state index contributed by atoms with van der Waals surface area (Å²) < 4.78 is 0. The zero-order valence-corrected chi connectivity index (χ0v) is 8.94. The lowest BCUT2D eigenvalue weighted by Gasteiger charge is -2.19. The lowest BCUT2D eigenvalue weighted by molar-refractivity contribution is -0.384. The summed E-state index contributed by atoms with van der Waals surface area (Å²) in [5.41, 5.74) is -0.226. The summed E-state index contributed by atoms with van der Waals surface area (Å²) in [7, 11) is 0. The molecule has 1 aromatic heterocycles. The van der Waals surface area contributed by atoms with Gasteiger partial charge >= 0.3 is 11.7 Å². The maximum Gasteiger partial charge on any atom is 0.323 e. The lowest BCUT2D eigenvalue weighted by atomic mass is 10.3. The average Bonchev–Trinajstić information content (AvgIpc) is 2.28. The second-order valence-electron chi connectivity index (χ2n) is 3.17. The van der Waals surface area contributed by atoms with Crippen LogP contribution in [0.2, 0.25) is 0 Å². The lowest BCUT2D eigenvalue weighted by Crippen LogP contribution is -2.31. The number of pyridine rings is 1. The molecule has 0 aliphatic heterocycles. The number of aliphatic carboxylic acids is 1. The van der Waals surface area contributed by atoms with Crippen molar-refractivity contribution in [3.8, 4) is 0 Å². The molecule has 17 heavy (non-hydrogen) atoms. The first kappa shape index (κ1) is 12.6. The van der Waals surface area contributed by atoms with Crippen LogP contribution in [0.4, 0.5) is 11.5 Å². The van der Waals surface area contributed by atoms with Gasteiger partial charge < -0.3 is 10.0 Å². The molecule has 0 saturated heterocycles. The Bertz CT molecular complexity index is 447. The quantitative estimate of drug-likeness (QED) is 0.451. The van der Waals surface area contributed by atoms with Crippen LogP contribution in [0.25, 0.3) is 0 Å². The molecule has 1 N–H and O–H groups in total. The van der Waals surface area contributed by atoms with Crippen LogP contribution in [0.5, 0.6) is 0 Å². The van der Waals surface area contributed by atoms with Crippen LogP contribution >= 0.6 is 0 Å². The minimum absolute atomic E-state index is 0.0276. The van der Waals surface area contributed by atoms with Crippen LogP contribution in [-0.2, 0) is 4.79 Å². The molecule has 0 amide bonds. The zero-order valence-electron chi connectivity index (χ0n) is 8.94. The second-order valence-corrected chi connectivity index (χ2v) is 3.17. The fourth-order valence-corrected chi connectivity index (χ4v) is 1.32. The van der Waals surface area contributed by atoms with Crippen molar-refractivity contribution in [2.75, 3.05) is 18.0 Å². The first-order valence-electron chi connectivity index (χ1n) is 4.73. The predicted molar refractivity (Wildman–Crippen MR) is 60.9 cm³/mol. The van der Waals surface area contributed by atoms with Crippen LogP contribution in [0.1, 0.15) is 0 Å². The summed E-state index contributed by atoms with van der Waals surface area (Å²) in [6.45, 7) is 3.28. The van der Waals surface area contributed by atoms with Gasteiger partial charge in [0.1, 0.15) is 6.54 Å². The third-order valence-electron chi connectivity index (χ3n) is 1.94. The van der Waals surface area contributed by atoms with Crippen molar-refractivity contribution in [3.63, 3.8) is 0 Å². The highest BCUT2D eigenvalue weighted by Gasteiger charge is 2.21. The molecule has 0 fully saturated rings. The van der Waals surface area contributed by atoms with Crippen molar-refractivity contribution in [1.29, 1.82) is 0 Å². The van der Waals surface area contributed by atoms with Gasteiger partial charge in [-0.3, -0.25) is 14.9 Å². The SMILES string of the molecule is C=CCN(CC(=O)O)c1ncccc1[N+](=O)[O-]. The largest absolute Gasteiger partial charge is 0.480 e. The Hall–Kier alpha value is -2.44. The molecule has 1 heterocycles. The van der Waals surface area contributed by atoms with Crippen LogP contribution in [0.15, 0.2) is 31.0 Å². The van der Waals surface area contributed by atoms with E-state index in [1.54, 1.807) is 0 Å². The highest BCUT2D eigenvalue weighted by molar-refractivity contribution is 5.75. The number of anilines is 1. The molecule has 0 aromatic carbocycles. The molecule has 0 aliphatic carbocycles. The molecule has 1 aromatic rings. The molecule has 0 spiro atoms. The van der Waals surface area contributed by atoms with E-state index >= 15 is 0 Å². The van der Waals surface area contributed by atoms with E-state index in [2.05, 4.69) is 11.6 Å². The number of carbonyl (C=O) groups is 1. The predicted octanol–water partition coefficient (Wildman–Crippen LogP) is 1.07. The van der Waals surface area contributed by atoms with Gasteiger partial charge in [0.05, 0.1) is 4.92 Å². The smallest absolute Gasteiger partial charge is 0.323 e. The third-order valence-corrected chi connectivity index (χ3v) is 1.94. The van der Waals surface area contributed by atoms with E-state index in [1.165, 1.54) is 29.3 Å². The molecule has 7 nitrogen and oxygen atoms in total. The van der Waals surface area contributed by atoms with Crippen LogP contribution in [0.3, 0.4) is 0 Å². The van der Waals surface area contributed by atoms with Crippen molar-refractivity contribution >= 4 is 17.5 Å². The van der Waals surface area contributed by atoms with E-state index in [4.69, 9.17) is 5.11 Å². The van der Waals surface area contributed by atoms with Gasteiger partial charge in [0, 0.05) is 18.8 Å². The number of aromatic nitrogens is 1. The number of carboxylic acid groups (broad SMARTS) is 1. The van der Waals surface area contributed by atoms with Crippen LogP contribution < -0.4 is 4.90 Å². The molecule has 0 atom stereocenters. The van der Waals surface area contributed by atoms with E-state index in [1.807, 2.05) is 0 Å². The van der Waals surface area contributed by atoms with Gasteiger partial charge in [0.25, 0.3) is 0 Å². The summed E-state index contributed by atoms with van der Waals surface area (Å²) in [4.78, 5) is 26.0. The number of carboxylic acids is 1. The monoisotopic (exact) mass is 237 g/mol. The number of hydrogen-bond donors (Lipinski definition) is 1. The first-order chi connectivity index (χ1) is 8.06. The summed E-state index contributed by atoms with van der Waals surface area (Å²) in [5, 5.41) is 19.5. The molecule has 0 unspecified atom stereocenters. The van der Waals surface area contributed by atoms with Crippen molar-refractivity contribution in [2.24, 2.45) is 0 Å². The zero-order chi connectivity index (χ0) is 12.8. The number of nitro groups is 1. The highest BCUT2D eigenvalue weighted by atomic mass is 16.6. The minimum atomic E-state index is -1.09. The van der Waals surface area contributed by atoms with Gasteiger partial charge in [0.15, 0.2) is 0 Å². The Morgan fingerprint density at radius 1 is 1.71 bits per heavy atom. The first-order valence-corrected chi connectivity index (χ1v) is 4.73. The minimum Gasteiger partial charge on any atom is -0.480 e. The summed E-state index contributed by atoms with van der Waals surface area (Å²) in [6, 6.07) is 2.70. The molecular formula is C10H11N3O4. The molecule has 0 aliphatic rings. The van der Waals surface area contributed by atoms with Gasteiger partial charge in [-0.15, -0.1) is 6.58 Å². The van der Waals surface area contributed by atoms with Crippen LogP contribution in [-0.4, -0.2) is 34.1 Å². The van der Waals surface area contributed by atoms with Crippen molar-refractivity contribution in [3.05, 3.63) is 41.1 Å². The third kappa shape index (κ3) is 3.26. The Morgan fingerprint density at radius 2 is 2.41 bits per heavy atom. The van der Waals surface area contributed by atoms with E-state index in [0.29, 0.717) is 0 Å². The molecule has 1 rings (SSSR count). The van der Waals surface area contributed by atoms with E-state index in [-0.39, 0.29) is 24.6 Å². The average molecular weight is 237 g/mol. The van der Waals surface area contributed by atoms with E-state index in [0.717, 1.165) is 0 Å². The fraction of sp³-hybridized carbons (Fsp3) is 0.200. The summed E-state index contributed by atoms with van der Waals surface area (Å²) >= 11 is 0. The Labute approximate surface area is 97.2 Å². The van der Waals surface area contributed by atoms with Crippen molar-refractivity contribution < 1.29 is 14.8 Å². The molecule has 0 saturated carbocycles. The molecular weight excluding hydrogens is 226 g/mol. The van der Waals surface area contributed by atoms with Gasteiger partial charge in [-0.1, -0.05) is 6.08 Å².